The van der Waals surface area contributed by atoms with Crippen LogP contribution in [0.5, 0.6) is 5.75 Å². The van der Waals surface area contributed by atoms with Crippen molar-refractivity contribution in [3.05, 3.63) is 63.7 Å². The van der Waals surface area contributed by atoms with Crippen molar-refractivity contribution in [1.82, 2.24) is 10.2 Å². The van der Waals surface area contributed by atoms with E-state index in [2.05, 4.69) is 10.2 Å². The molecule has 154 valence electrons. The van der Waals surface area contributed by atoms with Crippen LogP contribution >= 0.6 is 0 Å². The maximum atomic E-state index is 12.6. The summed E-state index contributed by atoms with van der Waals surface area (Å²) in [6.45, 7) is 2.35. The van der Waals surface area contributed by atoms with Crippen LogP contribution in [0.3, 0.4) is 0 Å². The number of nitrogens with two attached hydrogens (primary N) is 1. The van der Waals surface area contributed by atoms with E-state index in [-0.39, 0.29) is 28.9 Å². The average Bonchev–Trinajstić information content (AvgIpc) is 2.75. The van der Waals surface area contributed by atoms with Gasteiger partial charge < -0.3 is 15.8 Å². The highest BCUT2D eigenvalue weighted by Crippen LogP contribution is 2.26. The highest BCUT2D eigenvalue weighted by molar-refractivity contribution is 5.95. The second kappa shape index (κ2) is 9.38. The quantitative estimate of drug-likeness (QED) is 0.421. The number of nitrogens with zero attached hydrogens (tertiary/aromatic N) is 2. The standard InChI is InChI=1S/C21H26N4O4/c1-29-17-8-5-15(6-9-17)20(24-11-3-2-4-12-24)14-23-21(26)16-7-10-18(22)19(13-16)25(27)28/h5-10,13,20H,2-4,11-12,14,22H2,1H3,(H,23,26)/t20-/m0/s1. The van der Waals surface area contributed by atoms with E-state index in [0.717, 1.165) is 37.2 Å². The number of nitrogen functional groups attached to an aromatic ring is 1. The third-order valence-corrected chi connectivity index (χ3v) is 5.28. The maximum Gasteiger partial charge on any atom is 0.292 e. The zero-order valence-corrected chi connectivity index (χ0v) is 16.5. The molecule has 0 spiro atoms. The number of methoxy groups -OCH3 is 1. The first-order chi connectivity index (χ1) is 14.0. The zero-order chi connectivity index (χ0) is 20.8. The summed E-state index contributed by atoms with van der Waals surface area (Å²) < 4.78 is 5.24. The third kappa shape index (κ3) is 5.03. The Morgan fingerprint density at radius 2 is 1.90 bits per heavy atom. The second-order valence-corrected chi connectivity index (χ2v) is 7.13. The van der Waals surface area contributed by atoms with E-state index in [1.165, 1.54) is 24.6 Å². The Kier molecular flexibility index (Phi) is 6.66. The maximum absolute atomic E-state index is 12.6. The predicted octanol–water partition coefficient (Wildman–Crippen LogP) is 3.14. The fraction of sp³-hybridized carbons (Fsp3) is 0.381. The van der Waals surface area contributed by atoms with Crippen LogP contribution < -0.4 is 15.8 Å². The number of hydrogen-bond acceptors (Lipinski definition) is 6. The molecule has 1 atom stereocenters. The summed E-state index contributed by atoms with van der Waals surface area (Å²) in [4.78, 5) is 25.5. The van der Waals surface area contributed by atoms with Crippen LogP contribution in [0.15, 0.2) is 42.5 Å². The van der Waals surface area contributed by atoms with Crippen LogP contribution in [-0.2, 0) is 0 Å². The molecule has 1 fully saturated rings. The van der Waals surface area contributed by atoms with Crippen molar-refractivity contribution in [3.8, 4) is 5.75 Å². The fourth-order valence-corrected chi connectivity index (χ4v) is 3.65. The number of nitrogens with one attached hydrogen (secondary N) is 1. The highest BCUT2D eigenvalue weighted by atomic mass is 16.6. The average molecular weight is 398 g/mol. The molecule has 2 aromatic carbocycles. The SMILES string of the molecule is COc1ccc([C@H](CNC(=O)c2ccc(N)c([N+](=O)[O-])c2)N2CCCCC2)cc1. The fourth-order valence-electron chi connectivity index (χ4n) is 3.65. The Hall–Kier alpha value is -3.13. The van der Waals surface area contributed by atoms with Gasteiger partial charge >= 0.3 is 0 Å². The summed E-state index contributed by atoms with van der Waals surface area (Å²) in [6.07, 6.45) is 3.48. The first-order valence-corrected chi connectivity index (χ1v) is 9.69. The van der Waals surface area contributed by atoms with Crippen molar-refractivity contribution in [2.24, 2.45) is 0 Å². The van der Waals surface area contributed by atoms with E-state index < -0.39 is 4.92 Å². The summed E-state index contributed by atoms with van der Waals surface area (Å²) in [5.74, 6) is 0.424. The zero-order valence-electron chi connectivity index (χ0n) is 16.5. The molecule has 8 heteroatoms. The molecule has 1 saturated heterocycles. The van der Waals surface area contributed by atoms with Crippen molar-refractivity contribution >= 4 is 17.3 Å². The number of hydrogen-bond donors (Lipinski definition) is 2. The van der Waals surface area contributed by atoms with E-state index >= 15 is 0 Å². The van der Waals surface area contributed by atoms with Gasteiger partial charge in [-0.05, 0) is 55.8 Å². The lowest BCUT2D eigenvalue weighted by Gasteiger charge is -2.35. The van der Waals surface area contributed by atoms with Gasteiger partial charge in [0, 0.05) is 18.2 Å². The summed E-state index contributed by atoms with van der Waals surface area (Å²) in [7, 11) is 1.63. The monoisotopic (exact) mass is 398 g/mol. The Balaban J connectivity index is 1.76. The molecule has 0 aliphatic carbocycles. The number of anilines is 1. The van der Waals surface area contributed by atoms with Gasteiger partial charge in [0.05, 0.1) is 18.1 Å². The molecule has 1 amide bonds. The van der Waals surface area contributed by atoms with Crippen LogP contribution in [0.1, 0.15) is 41.2 Å². The van der Waals surface area contributed by atoms with Crippen molar-refractivity contribution < 1.29 is 14.5 Å². The molecule has 0 unspecified atom stereocenters. The van der Waals surface area contributed by atoms with Gasteiger partial charge in [0.1, 0.15) is 11.4 Å². The van der Waals surface area contributed by atoms with Crippen LogP contribution in [0, 0.1) is 10.1 Å². The topological polar surface area (TPSA) is 111 Å². The first-order valence-electron chi connectivity index (χ1n) is 9.69. The molecule has 0 saturated carbocycles. The Labute approximate surface area is 169 Å². The van der Waals surface area contributed by atoms with Gasteiger partial charge in [-0.1, -0.05) is 18.6 Å². The van der Waals surface area contributed by atoms with Gasteiger partial charge in [0.15, 0.2) is 0 Å². The van der Waals surface area contributed by atoms with Gasteiger partial charge in [-0.15, -0.1) is 0 Å². The molecular weight excluding hydrogens is 372 g/mol. The molecule has 0 radical (unpaired) electrons. The van der Waals surface area contributed by atoms with E-state index in [4.69, 9.17) is 10.5 Å². The number of nitro benzene ring substituents is 1. The molecular formula is C21H26N4O4. The summed E-state index contributed by atoms with van der Waals surface area (Å²) in [5.41, 5.74) is 6.71. The molecule has 0 bridgehead atoms. The molecule has 29 heavy (non-hydrogen) atoms. The van der Waals surface area contributed by atoms with E-state index in [1.54, 1.807) is 7.11 Å². The van der Waals surface area contributed by atoms with Crippen molar-refractivity contribution in [2.45, 2.75) is 25.3 Å². The number of carbonyl (C=O) groups is 1. The Morgan fingerprint density at radius 1 is 1.21 bits per heavy atom. The van der Waals surface area contributed by atoms with Gasteiger partial charge in [-0.2, -0.15) is 0 Å². The molecule has 1 aliphatic heterocycles. The van der Waals surface area contributed by atoms with E-state index in [1.807, 2.05) is 24.3 Å². The van der Waals surface area contributed by atoms with Gasteiger partial charge in [-0.3, -0.25) is 19.8 Å². The Morgan fingerprint density at radius 3 is 2.52 bits per heavy atom. The van der Waals surface area contributed by atoms with Gasteiger partial charge in [0.25, 0.3) is 11.6 Å². The lowest BCUT2D eigenvalue weighted by Crippen LogP contribution is -2.40. The highest BCUT2D eigenvalue weighted by Gasteiger charge is 2.24. The molecule has 2 aromatic rings. The number of ether oxygens (including phenoxy) is 1. The van der Waals surface area contributed by atoms with Gasteiger partial charge in [0.2, 0.25) is 0 Å². The van der Waals surface area contributed by atoms with Crippen LogP contribution in [0.25, 0.3) is 0 Å². The lowest BCUT2D eigenvalue weighted by molar-refractivity contribution is -0.383. The lowest BCUT2D eigenvalue weighted by atomic mass is 10.0. The molecule has 8 nitrogen and oxygen atoms in total. The number of likely N-dealkylation sites (tertiary alicyclic amines) is 1. The van der Waals surface area contributed by atoms with Crippen LogP contribution in [0.4, 0.5) is 11.4 Å². The third-order valence-electron chi connectivity index (χ3n) is 5.28. The number of benzene rings is 2. The van der Waals surface area contributed by atoms with Gasteiger partial charge in [-0.25, -0.2) is 0 Å². The van der Waals surface area contributed by atoms with E-state index in [9.17, 15) is 14.9 Å². The number of piperidine rings is 1. The second-order valence-electron chi connectivity index (χ2n) is 7.13. The number of carbonyl (C=O) groups excluding carboxylic acids is 1. The van der Waals surface area contributed by atoms with Crippen LogP contribution in [0.2, 0.25) is 0 Å². The molecule has 3 N–H and O–H groups in total. The number of amides is 1. The van der Waals surface area contributed by atoms with Crippen molar-refractivity contribution in [2.75, 3.05) is 32.5 Å². The molecule has 1 heterocycles. The Bertz CT molecular complexity index is 863. The molecule has 0 aromatic heterocycles. The van der Waals surface area contributed by atoms with Crippen LogP contribution in [-0.4, -0.2) is 42.5 Å². The predicted molar refractivity (Wildman–Crippen MR) is 111 cm³/mol. The van der Waals surface area contributed by atoms with Crippen molar-refractivity contribution in [3.63, 3.8) is 0 Å². The molecule has 1 aliphatic rings. The minimum atomic E-state index is -0.583. The summed E-state index contributed by atoms with van der Waals surface area (Å²) in [5, 5.41) is 14.0. The molecule has 3 rings (SSSR count). The van der Waals surface area contributed by atoms with Crippen molar-refractivity contribution in [1.29, 1.82) is 0 Å². The summed E-state index contributed by atoms with van der Waals surface area (Å²) in [6, 6.07) is 12.0. The first kappa shape index (κ1) is 20.6. The normalized spacial score (nSPS) is 15.5. The van der Waals surface area contributed by atoms with E-state index in [0.29, 0.717) is 6.54 Å². The summed E-state index contributed by atoms with van der Waals surface area (Å²) >= 11 is 0. The smallest absolute Gasteiger partial charge is 0.292 e. The minimum absolute atomic E-state index is 0.0222. The minimum Gasteiger partial charge on any atom is -0.497 e. The largest absolute Gasteiger partial charge is 0.497 e. The number of rotatable bonds is 7. The number of nitro groups is 1.